The van der Waals surface area contributed by atoms with Crippen LogP contribution in [0.2, 0.25) is 0 Å². The lowest BCUT2D eigenvalue weighted by Gasteiger charge is -2.38. The zero-order chi connectivity index (χ0) is 29.1. The minimum absolute atomic E-state index is 0.0107. The SMILES string of the molecule is CNS(=O)(=O)c1cccc(OCC(O)CN[C@H]2COC3(CCN(S(=O)(=O)c4cccc(-c5ccn[nH]5)c4)CC3)C2)c1. The van der Waals surface area contributed by atoms with E-state index < -0.39 is 31.8 Å². The number of hydrogen-bond acceptors (Lipinski definition) is 9. The van der Waals surface area contributed by atoms with Gasteiger partial charge in [0.15, 0.2) is 0 Å². The summed E-state index contributed by atoms with van der Waals surface area (Å²) < 4.78 is 66.3. The fourth-order valence-electron chi connectivity index (χ4n) is 5.25. The van der Waals surface area contributed by atoms with Crippen molar-refractivity contribution in [3.05, 3.63) is 60.8 Å². The second-order valence-electron chi connectivity index (χ2n) is 10.4. The fourth-order valence-corrected chi connectivity index (χ4v) is 7.50. The summed E-state index contributed by atoms with van der Waals surface area (Å²) in [5.41, 5.74) is 1.11. The number of hydrogen-bond donors (Lipinski definition) is 4. The number of nitrogens with one attached hydrogen (secondary N) is 3. The molecular weight excluding hydrogens is 570 g/mol. The first-order valence-corrected chi connectivity index (χ1v) is 16.3. The zero-order valence-electron chi connectivity index (χ0n) is 22.7. The zero-order valence-corrected chi connectivity index (χ0v) is 24.3. The van der Waals surface area contributed by atoms with E-state index in [9.17, 15) is 21.9 Å². The maximum atomic E-state index is 13.4. The van der Waals surface area contributed by atoms with Crippen LogP contribution < -0.4 is 14.8 Å². The quantitative estimate of drug-likeness (QED) is 0.253. The normalized spacial score (nSPS) is 20.3. The van der Waals surface area contributed by atoms with Gasteiger partial charge in [-0.15, -0.1) is 0 Å². The molecule has 41 heavy (non-hydrogen) atoms. The Morgan fingerprint density at radius 1 is 1.12 bits per heavy atom. The Kier molecular flexibility index (Phi) is 8.80. The Hall–Kier alpha value is -2.85. The van der Waals surface area contributed by atoms with E-state index in [4.69, 9.17) is 9.47 Å². The Labute approximate surface area is 240 Å². The summed E-state index contributed by atoms with van der Waals surface area (Å²) in [5.74, 6) is 0.346. The van der Waals surface area contributed by atoms with E-state index in [0.717, 1.165) is 11.3 Å². The maximum absolute atomic E-state index is 13.4. The molecule has 0 bridgehead atoms. The Morgan fingerprint density at radius 2 is 1.88 bits per heavy atom. The lowest BCUT2D eigenvalue weighted by Crippen LogP contribution is -2.47. The maximum Gasteiger partial charge on any atom is 0.243 e. The molecule has 2 saturated heterocycles. The summed E-state index contributed by atoms with van der Waals surface area (Å²) in [4.78, 5) is 0.332. The number of sulfonamides is 2. The number of ether oxygens (including phenoxy) is 2. The Morgan fingerprint density at radius 3 is 2.61 bits per heavy atom. The van der Waals surface area contributed by atoms with Gasteiger partial charge in [-0.1, -0.05) is 18.2 Å². The van der Waals surface area contributed by atoms with Gasteiger partial charge in [0.1, 0.15) is 18.5 Å². The molecule has 2 aliphatic heterocycles. The molecule has 0 aliphatic carbocycles. The molecule has 2 aromatic carbocycles. The van der Waals surface area contributed by atoms with Crippen LogP contribution in [0.15, 0.2) is 70.6 Å². The molecule has 12 nitrogen and oxygen atoms in total. The highest BCUT2D eigenvalue weighted by Gasteiger charge is 2.44. The van der Waals surface area contributed by atoms with Crippen molar-refractivity contribution < 1.29 is 31.4 Å². The van der Waals surface area contributed by atoms with Crippen LogP contribution in [0.5, 0.6) is 5.75 Å². The number of rotatable bonds is 11. The molecule has 2 aliphatic rings. The molecule has 3 heterocycles. The van der Waals surface area contributed by atoms with Crippen molar-refractivity contribution in [1.29, 1.82) is 0 Å². The third-order valence-corrected chi connectivity index (χ3v) is 10.9. The topological polar surface area (TPSA) is 163 Å². The molecule has 222 valence electrons. The van der Waals surface area contributed by atoms with Gasteiger partial charge in [0, 0.05) is 43.5 Å². The smallest absolute Gasteiger partial charge is 0.243 e. The van der Waals surface area contributed by atoms with E-state index in [2.05, 4.69) is 20.2 Å². The molecule has 1 spiro atoms. The van der Waals surface area contributed by atoms with Crippen molar-refractivity contribution in [3.63, 3.8) is 0 Å². The summed E-state index contributed by atoms with van der Waals surface area (Å²) in [6.07, 6.45) is 2.69. The molecule has 5 rings (SSSR count). The molecule has 2 atom stereocenters. The van der Waals surface area contributed by atoms with Gasteiger partial charge < -0.3 is 19.9 Å². The third-order valence-electron chi connectivity index (χ3n) is 7.60. The molecule has 1 unspecified atom stereocenters. The van der Waals surface area contributed by atoms with Crippen LogP contribution >= 0.6 is 0 Å². The Bertz CT molecular complexity index is 1540. The highest BCUT2D eigenvalue weighted by atomic mass is 32.2. The minimum Gasteiger partial charge on any atom is -0.491 e. The van der Waals surface area contributed by atoms with Gasteiger partial charge in [-0.3, -0.25) is 5.10 Å². The fraction of sp³-hybridized carbons (Fsp3) is 0.444. The van der Waals surface area contributed by atoms with E-state index in [1.165, 1.54) is 23.5 Å². The van der Waals surface area contributed by atoms with Gasteiger partial charge in [-0.25, -0.2) is 21.6 Å². The number of aromatic nitrogens is 2. The molecule has 0 saturated carbocycles. The molecule has 14 heteroatoms. The summed E-state index contributed by atoms with van der Waals surface area (Å²) in [7, 11) is -5.91. The predicted octanol–water partition coefficient (Wildman–Crippen LogP) is 1.33. The van der Waals surface area contributed by atoms with Gasteiger partial charge in [0.05, 0.1) is 27.7 Å². The van der Waals surface area contributed by atoms with Crippen molar-refractivity contribution in [2.24, 2.45) is 0 Å². The van der Waals surface area contributed by atoms with Crippen molar-refractivity contribution in [2.75, 3.05) is 39.9 Å². The minimum atomic E-state index is -3.65. The molecule has 0 radical (unpaired) electrons. The number of piperidine rings is 1. The van der Waals surface area contributed by atoms with Crippen LogP contribution in [0.4, 0.5) is 0 Å². The first-order chi connectivity index (χ1) is 19.6. The van der Waals surface area contributed by atoms with Crippen LogP contribution in [0.3, 0.4) is 0 Å². The predicted molar refractivity (Wildman–Crippen MR) is 151 cm³/mol. The highest BCUT2D eigenvalue weighted by molar-refractivity contribution is 7.89. The number of aliphatic hydroxyl groups excluding tert-OH is 1. The van der Waals surface area contributed by atoms with Gasteiger partial charge in [0.2, 0.25) is 20.0 Å². The third kappa shape index (κ3) is 6.80. The largest absolute Gasteiger partial charge is 0.491 e. The van der Waals surface area contributed by atoms with Gasteiger partial charge in [-0.05, 0) is 56.6 Å². The van der Waals surface area contributed by atoms with Crippen molar-refractivity contribution in [1.82, 2.24) is 24.5 Å². The van der Waals surface area contributed by atoms with Gasteiger partial charge >= 0.3 is 0 Å². The van der Waals surface area contributed by atoms with E-state index >= 15 is 0 Å². The van der Waals surface area contributed by atoms with Gasteiger partial charge in [0.25, 0.3) is 0 Å². The Balaban J connectivity index is 1.09. The number of benzene rings is 2. The molecule has 0 amide bonds. The molecule has 1 aromatic heterocycles. The lowest BCUT2D eigenvalue weighted by atomic mass is 9.88. The molecule has 2 fully saturated rings. The van der Waals surface area contributed by atoms with Crippen LogP contribution in [-0.2, 0) is 24.8 Å². The number of aliphatic hydroxyl groups is 1. The van der Waals surface area contributed by atoms with Crippen molar-refractivity contribution in [2.45, 2.75) is 46.8 Å². The molecular formula is C27H35N5O7S2. The number of H-pyrrole nitrogens is 1. The van der Waals surface area contributed by atoms with E-state index in [1.807, 2.05) is 6.07 Å². The van der Waals surface area contributed by atoms with E-state index in [-0.39, 0.29) is 29.0 Å². The lowest BCUT2D eigenvalue weighted by molar-refractivity contribution is -0.0312. The van der Waals surface area contributed by atoms with Crippen molar-refractivity contribution in [3.8, 4) is 17.0 Å². The monoisotopic (exact) mass is 605 g/mol. The van der Waals surface area contributed by atoms with Gasteiger partial charge in [-0.2, -0.15) is 9.40 Å². The molecule has 4 N–H and O–H groups in total. The standard InChI is InChI=1S/C27H35N5O7S2/c1-28-40(34,35)24-6-3-5-23(15-24)38-19-22(33)17-29-21-16-27(39-18-21)9-12-32(13-10-27)41(36,37)25-7-2-4-20(14-25)26-8-11-30-31-26/h2-8,11,14-15,21-22,28-29,33H,9-10,12-13,16-19H2,1H3,(H,30,31)/t21-,22?/m1/s1. The second-order valence-corrected chi connectivity index (χ2v) is 14.2. The van der Waals surface area contributed by atoms with E-state index in [0.29, 0.717) is 44.7 Å². The highest BCUT2D eigenvalue weighted by Crippen LogP contribution is 2.37. The van der Waals surface area contributed by atoms with Crippen LogP contribution in [0, 0.1) is 0 Å². The number of aromatic amines is 1. The van der Waals surface area contributed by atoms with Crippen LogP contribution in [0.25, 0.3) is 11.3 Å². The van der Waals surface area contributed by atoms with E-state index in [1.54, 1.807) is 42.6 Å². The average molecular weight is 606 g/mol. The first kappa shape index (κ1) is 29.6. The van der Waals surface area contributed by atoms with Crippen LogP contribution in [-0.4, -0.2) is 94.1 Å². The van der Waals surface area contributed by atoms with Crippen molar-refractivity contribution >= 4 is 20.0 Å². The first-order valence-electron chi connectivity index (χ1n) is 13.4. The second kappa shape index (κ2) is 12.2. The summed E-state index contributed by atoms with van der Waals surface area (Å²) in [6, 6.07) is 14.7. The summed E-state index contributed by atoms with van der Waals surface area (Å²) in [5, 5.41) is 20.5. The summed E-state index contributed by atoms with van der Waals surface area (Å²) in [6.45, 7) is 1.45. The van der Waals surface area contributed by atoms with Crippen LogP contribution in [0.1, 0.15) is 19.3 Å². The summed E-state index contributed by atoms with van der Waals surface area (Å²) >= 11 is 0. The molecule has 3 aromatic rings. The number of nitrogens with zero attached hydrogens (tertiary/aromatic N) is 2. The average Bonchev–Trinajstić information content (AvgIpc) is 3.66.